The number of fused-ring (bicyclic) bond motifs is 1. The van der Waals surface area contributed by atoms with Crippen LogP contribution in [0.25, 0.3) is 21.2 Å². The molecule has 5 atom stereocenters. The van der Waals surface area contributed by atoms with Crippen molar-refractivity contribution in [2.75, 3.05) is 6.54 Å². The summed E-state index contributed by atoms with van der Waals surface area (Å²) in [5, 5.41) is 1.35. The molecule has 1 saturated carbocycles. The summed E-state index contributed by atoms with van der Waals surface area (Å²) in [5.74, 6) is 2.83. The molecule has 0 bridgehead atoms. The van der Waals surface area contributed by atoms with Crippen LogP contribution < -0.4 is 4.72 Å². The zero-order valence-electron chi connectivity index (χ0n) is 25.5. The Balaban J connectivity index is 1.15. The Bertz CT molecular complexity index is 1400. The molecule has 0 radical (unpaired) electrons. The molecule has 1 aliphatic rings. The topological polar surface area (TPSA) is 42.0 Å². The monoisotopic (exact) mass is 600 g/mol. The van der Waals surface area contributed by atoms with Gasteiger partial charge in [0.1, 0.15) is 11.0 Å². The van der Waals surface area contributed by atoms with E-state index in [2.05, 4.69) is 79.2 Å². The fourth-order valence-electron chi connectivity index (χ4n) is 7.05. The van der Waals surface area contributed by atoms with E-state index in [0.717, 1.165) is 46.7 Å². The molecule has 5 rings (SSSR count). The fourth-order valence-corrected chi connectivity index (χ4v) is 8.84. The van der Waals surface area contributed by atoms with Crippen LogP contribution >= 0.6 is 11.5 Å². The molecule has 224 valence electrons. The highest BCUT2D eigenvalue weighted by Gasteiger charge is 2.29. The minimum Gasteiger partial charge on any atom is -0.238 e. The standard InChI is InChI=1S/C37H48N2OS2/c1-3-4-14-29(19-13-23-36-35-22-10-11-24-37(35)41-39-36)28(2)25-31-17-8-9-18-33(31)27-38-42(40)34-21-12-20-32(26-34)30-15-6-5-7-16-30/h5-7,10-12,15-16,20-22,24,26,28-29,31,33,38H,3-4,8-9,13-14,17-19,23,25,27H2,1-2H3. The van der Waals surface area contributed by atoms with E-state index in [-0.39, 0.29) is 0 Å². The molecule has 1 aliphatic carbocycles. The molecule has 5 heteroatoms. The summed E-state index contributed by atoms with van der Waals surface area (Å²) in [5.41, 5.74) is 3.57. The average molecular weight is 601 g/mol. The molecule has 0 spiro atoms. The summed E-state index contributed by atoms with van der Waals surface area (Å²) in [4.78, 5) is 0.865. The maximum atomic E-state index is 13.3. The van der Waals surface area contributed by atoms with Gasteiger partial charge in [0.15, 0.2) is 0 Å². The van der Waals surface area contributed by atoms with E-state index < -0.39 is 11.0 Å². The van der Waals surface area contributed by atoms with Crippen molar-refractivity contribution in [3.05, 3.63) is 84.6 Å². The quantitative estimate of drug-likeness (QED) is 0.147. The van der Waals surface area contributed by atoms with Gasteiger partial charge in [-0.25, -0.2) is 8.93 Å². The van der Waals surface area contributed by atoms with E-state index in [4.69, 9.17) is 4.37 Å². The molecule has 0 amide bonds. The van der Waals surface area contributed by atoms with Crippen molar-refractivity contribution >= 4 is 32.6 Å². The molecular formula is C37H48N2OS2. The summed E-state index contributed by atoms with van der Waals surface area (Å²) in [6.45, 7) is 5.68. The van der Waals surface area contributed by atoms with Gasteiger partial charge in [0, 0.05) is 11.9 Å². The van der Waals surface area contributed by atoms with E-state index in [0.29, 0.717) is 5.92 Å². The van der Waals surface area contributed by atoms with Gasteiger partial charge in [-0.05, 0) is 96.6 Å². The van der Waals surface area contributed by atoms with E-state index in [1.807, 2.05) is 18.2 Å². The van der Waals surface area contributed by atoms with Crippen LogP contribution in [0.2, 0.25) is 0 Å². The Hall–Kier alpha value is -2.34. The SMILES string of the molecule is CCCCC(CCCc1nsc2ccccc12)C(C)CC1CCCCC1CNS(=O)c1cccc(-c2ccccc2)c1. The molecule has 5 unspecified atom stereocenters. The second-order valence-corrected chi connectivity index (χ2v) is 14.6. The molecule has 1 aromatic heterocycles. The van der Waals surface area contributed by atoms with E-state index in [1.54, 1.807) is 11.5 Å². The number of nitrogens with one attached hydrogen (secondary N) is 1. The first-order chi connectivity index (χ1) is 20.6. The Labute approximate surface area is 260 Å². The number of hydrogen-bond donors (Lipinski definition) is 1. The van der Waals surface area contributed by atoms with Gasteiger partial charge in [-0.2, -0.15) is 4.37 Å². The number of aryl methyl sites for hydroxylation is 1. The smallest absolute Gasteiger partial charge is 0.124 e. The largest absolute Gasteiger partial charge is 0.238 e. The third-order valence-corrected chi connectivity index (χ3v) is 11.5. The van der Waals surface area contributed by atoms with Crippen molar-refractivity contribution < 1.29 is 4.21 Å². The van der Waals surface area contributed by atoms with Gasteiger partial charge in [-0.1, -0.05) is 113 Å². The summed E-state index contributed by atoms with van der Waals surface area (Å²) in [6.07, 6.45) is 14.1. The highest BCUT2D eigenvalue weighted by atomic mass is 32.2. The second-order valence-electron chi connectivity index (χ2n) is 12.4. The molecule has 0 saturated heterocycles. The van der Waals surface area contributed by atoms with E-state index >= 15 is 0 Å². The first-order valence-corrected chi connectivity index (χ1v) is 18.2. The Morgan fingerprint density at radius 3 is 2.48 bits per heavy atom. The molecule has 4 aromatic rings. The summed E-state index contributed by atoms with van der Waals surface area (Å²) < 4.78 is 22.9. The molecule has 1 N–H and O–H groups in total. The second kappa shape index (κ2) is 15.9. The van der Waals surface area contributed by atoms with Crippen molar-refractivity contribution in [3.8, 4) is 11.1 Å². The van der Waals surface area contributed by atoms with Crippen LogP contribution in [-0.4, -0.2) is 15.1 Å². The lowest BCUT2D eigenvalue weighted by Crippen LogP contribution is -2.33. The lowest BCUT2D eigenvalue weighted by molar-refractivity contribution is 0.168. The average Bonchev–Trinajstić information content (AvgIpc) is 3.45. The van der Waals surface area contributed by atoms with Crippen molar-refractivity contribution in [1.29, 1.82) is 0 Å². The van der Waals surface area contributed by atoms with Gasteiger partial charge >= 0.3 is 0 Å². The van der Waals surface area contributed by atoms with Crippen LogP contribution in [0.1, 0.15) is 83.7 Å². The van der Waals surface area contributed by atoms with Gasteiger partial charge in [0.2, 0.25) is 0 Å². The summed E-state index contributed by atoms with van der Waals surface area (Å²) in [6, 6.07) is 27.2. The molecule has 1 heterocycles. The van der Waals surface area contributed by atoms with Crippen LogP contribution in [0.4, 0.5) is 0 Å². The number of hydrogen-bond acceptors (Lipinski definition) is 3. The molecule has 3 aromatic carbocycles. The molecule has 42 heavy (non-hydrogen) atoms. The number of unbranched alkanes of at least 4 members (excludes halogenated alkanes) is 1. The number of benzene rings is 3. The van der Waals surface area contributed by atoms with E-state index in [1.165, 1.54) is 80.0 Å². The molecule has 0 aliphatic heterocycles. The van der Waals surface area contributed by atoms with Gasteiger partial charge in [0.05, 0.1) is 15.3 Å². The van der Waals surface area contributed by atoms with E-state index in [9.17, 15) is 4.21 Å². The Morgan fingerprint density at radius 1 is 0.905 bits per heavy atom. The first-order valence-electron chi connectivity index (χ1n) is 16.3. The van der Waals surface area contributed by atoms with Gasteiger partial charge < -0.3 is 0 Å². The lowest BCUT2D eigenvalue weighted by atomic mass is 9.71. The zero-order valence-corrected chi connectivity index (χ0v) is 27.1. The lowest BCUT2D eigenvalue weighted by Gasteiger charge is -2.35. The molecule has 3 nitrogen and oxygen atoms in total. The van der Waals surface area contributed by atoms with Gasteiger partial charge in [-0.3, -0.25) is 0 Å². The van der Waals surface area contributed by atoms with Crippen LogP contribution in [-0.2, 0) is 17.4 Å². The first kappa shape index (κ1) is 31.1. The Kier molecular flexibility index (Phi) is 11.8. The maximum Gasteiger partial charge on any atom is 0.124 e. The van der Waals surface area contributed by atoms with Gasteiger partial charge in [-0.15, -0.1) is 0 Å². The minimum atomic E-state index is -1.19. The highest BCUT2D eigenvalue weighted by Crippen LogP contribution is 2.38. The zero-order chi connectivity index (χ0) is 29.1. The summed E-state index contributed by atoms with van der Waals surface area (Å²) in [7, 11) is -1.19. The van der Waals surface area contributed by atoms with Crippen LogP contribution in [0.5, 0.6) is 0 Å². The molecule has 1 fully saturated rings. The van der Waals surface area contributed by atoms with Crippen molar-refractivity contribution in [2.45, 2.75) is 89.4 Å². The fraction of sp³-hybridized carbons (Fsp3) is 0.486. The van der Waals surface area contributed by atoms with Crippen molar-refractivity contribution in [2.24, 2.45) is 23.7 Å². The third kappa shape index (κ3) is 8.39. The number of nitrogens with zero attached hydrogens (tertiary/aromatic N) is 1. The van der Waals surface area contributed by atoms with Crippen LogP contribution in [0.3, 0.4) is 0 Å². The predicted molar refractivity (Wildman–Crippen MR) is 181 cm³/mol. The number of aromatic nitrogens is 1. The molecular weight excluding hydrogens is 553 g/mol. The van der Waals surface area contributed by atoms with Crippen LogP contribution in [0, 0.1) is 23.7 Å². The Morgan fingerprint density at radius 2 is 1.64 bits per heavy atom. The maximum absolute atomic E-state index is 13.3. The van der Waals surface area contributed by atoms with Crippen molar-refractivity contribution in [3.63, 3.8) is 0 Å². The number of rotatable bonds is 15. The summed E-state index contributed by atoms with van der Waals surface area (Å²) >= 11 is 1.64. The van der Waals surface area contributed by atoms with Gasteiger partial charge in [0.25, 0.3) is 0 Å². The minimum absolute atomic E-state index is 0.607. The predicted octanol–water partition coefficient (Wildman–Crippen LogP) is 10.2. The third-order valence-electron chi connectivity index (χ3n) is 9.55. The van der Waals surface area contributed by atoms with Crippen LogP contribution in [0.15, 0.2) is 83.8 Å². The highest BCUT2D eigenvalue weighted by molar-refractivity contribution is 7.83. The van der Waals surface area contributed by atoms with Crippen molar-refractivity contribution in [1.82, 2.24) is 9.10 Å². The normalized spacial score (nSPS) is 19.5.